The minimum atomic E-state index is -1.27. The number of hydrogen-bond donors (Lipinski definition) is 2. The molecule has 3 heterocycles. The van der Waals surface area contributed by atoms with Crippen LogP contribution in [0.1, 0.15) is 25.0 Å². The van der Waals surface area contributed by atoms with Crippen molar-refractivity contribution < 1.29 is 14.6 Å². The number of hydrogen-bond acceptors (Lipinski definition) is 6. The van der Waals surface area contributed by atoms with Crippen molar-refractivity contribution in [1.29, 1.82) is 0 Å². The van der Waals surface area contributed by atoms with Crippen molar-refractivity contribution >= 4 is 35.0 Å². The molecule has 3 aliphatic rings. The molecule has 0 radical (unpaired) electrons. The van der Waals surface area contributed by atoms with Crippen LogP contribution in [0.25, 0.3) is 0 Å². The Morgan fingerprint density at radius 1 is 1.09 bits per heavy atom. The predicted octanol–water partition coefficient (Wildman–Crippen LogP) is 4.13. The number of rotatable bonds is 4. The summed E-state index contributed by atoms with van der Waals surface area (Å²) >= 11 is 12.4. The van der Waals surface area contributed by atoms with Gasteiger partial charge in [-0.15, -0.1) is 0 Å². The molecule has 0 saturated carbocycles. The number of aliphatic hydroxyl groups is 1. The van der Waals surface area contributed by atoms with Crippen LogP contribution in [-0.4, -0.2) is 40.6 Å². The molecule has 2 aromatic carbocycles. The highest BCUT2D eigenvalue weighted by Crippen LogP contribution is 2.58. The van der Waals surface area contributed by atoms with Crippen molar-refractivity contribution in [2.45, 2.75) is 37.2 Å². The Bertz CT molecular complexity index is 1190. The molecule has 0 amide bonds. The molecule has 0 aromatic heterocycles. The summed E-state index contributed by atoms with van der Waals surface area (Å²) in [7, 11) is 0. The van der Waals surface area contributed by atoms with Crippen LogP contribution >= 0.6 is 23.2 Å². The van der Waals surface area contributed by atoms with Gasteiger partial charge in [-0.25, -0.2) is 4.99 Å². The molecule has 8 heteroatoms. The van der Waals surface area contributed by atoms with E-state index >= 15 is 0 Å². The zero-order chi connectivity index (χ0) is 23.4. The van der Waals surface area contributed by atoms with E-state index in [1.807, 2.05) is 54.4 Å². The number of benzene rings is 2. The fourth-order valence-electron chi connectivity index (χ4n) is 5.11. The fourth-order valence-corrected chi connectivity index (χ4v) is 5.36. The molecule has 0 spiro atoms. The van der Waals surface area contributed by atoms with E-state index in [1.165, 1.54) is 0 Å². The minimum Gasteiger partial charge on any atom is -0.465 e. The lowest BCUT2D eigenvalue weighted by atomic mass is 9.73. The Labute approximate surface area is 202 Å². The molecule has 170 valence electrons. The van der Waals surface area contributed by atoms with Crippen LogP contribution in [0.5, 0.6) is 0 Å². The summed E-state index contributed by atoms with van der Waals surface area (Å²) in [4.78, 5) is 20.1. The maximum atomic E-state index is 13.0. The van der Waals surface area contributed by atoms with E-state index in [9.17, 15) is 9.90 Å². The first kappa shape index (κ1) is 22.2. The molecule has 0 bridgehead atoms. The second-order valence-corrected chi connectivity index (χ2v) is 9.23. The Balaban J connectivity index is 1.83. The number of allylic oxidation sites excluding steroid dienone is 2. The summed E-state index contributed by atoms with van der Waals surface area (Å²) in [5, 5.41) is 16.4. The van der Waals surface area contributed by atoms with E-state index in [4.69, 9.17) is 32.9 Å². The second-order valence-electron chi connectivity index (χ2n) is 8.36. The molecule has 2 N–H and O–H groups in total. The number of esters is 1. The normalized spacial score (nSPS) is 29.9. The third kappa shape index (κ3) is 3.09. The summed E-state index contributed by atoms with van der Waals surface area (Å²) in [6.07, 6.45) is 4.62. The van der Waals surface area contributed by atoms with Crippen LogP contribution in [-0.2, 0) is 20.7 Å². The SMILES string of the molecule is CCOC(=O)[C@H]1N[C@@]2(c3ccc(Cl)cc3)N3C=C(C)C=CC3=N[C@]2(c2ccc(Cl)cc2)[C@H]1O. The van der Waals surface area contributed by atoms with Crippen molar-refractivity contribution in [1.82, 2.24) is 10.2 Å². The smallest absolute Gasteiger partial charge is 0.326 e. The molecule has 1 saturated heterocycles. The van der Waals surface area contributed by atoms with Crippen LogP contribution in [0.3, 0.4) is 0 Å². The Hall–Kier alpha value is -2.64. The lowest BCUT2D eigenvalue weighted by molar-refractivity contribution is -0.148. The van der Waals surface area contributed by atoms with Crippen LogP contribution in [0.4, 0.5) is 0 Å². The molecule has 6 nitrogen and oxygen atoms in total. The average Bonchev–Trinajstić information content (AvgIpc) is 3.23. The fraction of sp³-hybridized carbons (Fsp3) is 0.280. The van der Waals surface area contributed by atoms with Gasteiger partial charge in [0.25, 0.3) is 0 Å². The van der Waals surface area contributed by atoms with Gasteiger partial charge in [0.2, 0.25) is 0 Å². The van der Waals surface area contributed by atoms with Crippen molar-refractivity contribution in [2.75, 3.05) is 6.61 Å². The number of aliphatic imine (C=N–C) groups is 1. The zero-order valence-corrected chi connectivity index (χ0v) is 19.6. The number of fused-ring (bicyclic) bond motifs is 3. The Morgan fingerprint density at radius 3 is 2.30 bits per heavy atom. The molecular weight excluding hydrogens is 461 g/mol. The summed E-state index contributed by atoms with van der Waals surface area (Å²) in [6, 6.07) is 13.6. The second kappa shape index (κ2) is 7.99. The molecular formula is C25H23Cl2N3O3. The van der Waals surface area contributed by atoms with Gasteiger partial charge in [-0.2, -0.15) is 0 Å². The van der Waals surface area contributed by atoms with E-state index in [1.54, 1.807) is 31.2 Å². The number of carbonyl (C=O) groups excluding carboxylic acids is 1. The minimum absolute atomic E-state index is 0.200. The zero-order valence-electron chi connectivity index (χ0n) is 18.1. The van der Waals surface area contributed by atoms with Crippen LogP contribution in [0, 0.1) is 0 Å². The van der Waals surface area contributed by atoms with Gasteiger partial charge in [0.1, 0.15) is 18.0 Å². The van der Waals surface area contributed by atoms with Crippen molar-refractivity contribution in [3.63, 3.8) is 0 Å². The number of amidine groups is 1. The van der Waals surface area contributed by atoms with Crippen molar-refractivity contribution in [2.24, 2.45) is 4.99 Å². The highest BCUT2D eigenvalue weighted by molar-refractivity contribution is 6.30. The number of nitrogens with one attached hydrogen (secondary N) is 1. The Kier molecular flexibility index (Phi) is 5.37. The van der Waals surface area contributed by atoms with E-state index in [2.05, 4.69) is 5.32 Å². The van der Waals surface area contributed by atoms with Gasteiger partial charge in [0.05, 0.1) is 6.61 Å². The number of halogens is 2. The highest BCUT2D eigenvalue weighted by Gasteiger charge is 2.73. The third-order valence-electron chi connectivity index (χ3n) is 6.47. The van der Waals surface area contributed by atoms with E-state index in [0.29, 0.717) is 15.9 Å². The van der Waals surface area contributed by atoms with Gasteiger partial charge in [-0.1, -0.05) is 53.5 Å². The number of carbonyl (C=O) groups is 1. The maximum Gasteiger partial charge on any atom is 0.326 e. The van der Waals surface area contributed by atoms with Crippen molar-refractivity contribution in [3.05, 3.63) is 93.6 Å². The first-order valence-electron chi connectivity index (χ1n) is 10.7. The summed E-state index contributed by atoms with van der Waals surface area (Å²) in [5.41, 5.74) is 0.124. The largest absolute Gasteiger partial charge is 0.465 e. The van der Waals surface area contributed by atoms with E-state index in [0.717, 1.165) is 16.7 Å². The summed E-state index contributed by atoms with van der Waals surface area (Å²) in [5.74, 6) is 0.130. The number of nitrogens with zero attached hydrogens (tertiary/aromatic N) is 2. The lowest BCUT2D eigenvalue weighted by Gasteiger charge is -2.45. The molecule has 5 rings (SSSR count). The predicted molar refractivity (Wildman–Crippen MR) is 128 cm³/mol. The standard InChI is InChI=1S/C25H23Cl2N3O3/c1-3-33-23(32)21-22(31)24(16-5-9-18(26)10-6-16)25(29-21,17-7-11-19(27)12-8-17)30-14-15(2)4-13-20(30)28-24/h4-14,21-22,29,31H,3H2,1-2H3/t21-,22-,24+,25-/m0/s1. The molecule has 3 aliphatic heterocycles. The molecule has 4 atom stereocenters. The molecule has 0 aliphatic carbocycles. The summed E-state index contributed by atoms with van der Waals surface area (Å²) < 4.78 is 5.32. The van der Waals surface area contributed by atoms with Crippen LogP contribution < -0.4 is 5.32 Å². The van der Waals surface area contributed by atoms with E-state index in [-0.39, 0.29) is 6.61 Å². The Morgan fingerprint density at radius 2 is 1.70 bits per heavy atom. The van der Waals surface area contributed by atoms with Crippen molar-refractivity contribution in [3.8, 4) is 0 Å². The third-order valence-corrected chi connectivity index (χ3v) is 6.98. The first-order valence-corrected chi connectivity index (χ1v) is 11.5. The van der Waals surface area contributed by atoms with Gasteiger partial charge in [-0.05, 0) is 60.9 Å². The molecule has 0 unspecified atom stereocenters. The maximum absolute atomic E-state index is 13.0. The molecule has 2 aromatic rings. The van der Waals surface area contributed by atoms with Gasteiger partial charge < -0.3 is 14.7 Å². The van der Waals surface area contributed by atoms with Crippen LogP contribution in [0.2, 0.25) is 10.0 Å². The van der Waals surface area contributed by atoms with E-state index < -0.39 is 29.3 Å². The number of aliphatic hydroxyl groups excluding tert-OH is 1. The summed E-state index contributed by atoms with van der Waals surface area (Å²) in [6.45, 7) is 3.92. The monoisotopic (exact) mass is 483 g/mol. The average molecular weight is 484 g/mol. The molecule has 1 fully saturated rings. The van der Waals surface area contributed by atoms with Gasteiger partial charge in [0.15, 0.2) is 11.2 Å². The first-order chi connectivity index (χ1) is 15.8. The molecule has 33 heavy (non-hydrogen) atoms. The quantitative estimate of drug-likeness (QED) is 0.639. The topological polar surface area (TPSA) is 74.2 Å². The van der Waals surface area contributed by atoms with Gasteiger partial charge >= 0.3 is 5.97 Å². The highest BCUT2D eigenvalue weighted by atomic mass is 35.5. The lowest BCUT2D eigenvalue weighted by Crippen LogP contribution is -2.59. The van der Waals surface area contributed by atoms with Gasteiger partial charge in [-0.3, -0.25) is 10.1 Å². The number of ether oxygens (including phenoxy) is 1. The van der Waals surface area contributed by atoms with Crippen LogP contribution in [0.15, 0.2) is 77.4 Å². The van der Waals surface area contributed by atoms with Gasteiger partial charge in [0, 0.05) is 16.2 Å².